The van der Waals surface area contributed by atoms with Gasteiger partial charge < -0.3 is 5.11 Å². The summed E-state index contributed by atoms with van der Waals surface area (Å²) in [6, 6.07) is 11.5. The van der Waals surface area contributed by atoms with Gasteiger partial charge in [0.1, 0.15) is 5.82 Å². The molecule has 1 nitrogen and oxygen atoms in total. The fraction of sp³-hybridized carbons (Fsp3) is 0.200. The Bertz CT molecular complexity index is 555. The van der Waals surface area contributed by atoms with Crippen molar-refractivity contribution in [2.45, 2.75) is 19.0 Å². The summed E-state index contributed by atoms with van der Waals surface area (Å²) in [6.45, 7) is 0. The van der Waals surface area contributed by atoms with E-state index in [1.54, 1.807) is 18.2 Å². The van der Waals surface area contributed by atoms with Crippen molar-refractivity contribution in [1.82, 2.24) is 0 Å². The largest absolute Gasteiger partial charge is 0.388 e. The maximum Gasteiger partial charge on any atom is 0.263 e. The van der Waals surface area contributed by atoms with Crippen molar-refractivity contribution in [3.63, 3.8) is 0 Å². The minimum atomic E-state index is -2.57. The lowest BCUT2D eigenvalue weighted by Crippen LogP contribution is -2.03. The van der Waals surface area contributed by atoms with Crippen molar-refractivity contribution in [3.8, 4) is 0 Å². The number of hydrogen-bond acceptors (Lipinski definition) is 1. The van der Waals surface area contributed by atoms with Crippen LogP contribution in [0, 0.1) is 5.82 Å². The Labute approximate surface area is 109 Å². The minimum Gasteiger partial charge on any atom is -0.388 e. The number of hydrogen-bond donors (Lipinski definition) is 1. The summed E-state index contributed by atoms with van der Waals surface area (Å²) in [7, 11) is 0. The van der Waals surface area contributed by atoms with Gasteiger partial charge in [-0.05, 0) is 29.3 Å². The molecule has 100 valence electrons. The van der Waals surface area contributed by atoms with Gasteiger partial charge in [0.15, 0.2) is 0 Å². The van der Waals surface area contributed by atoms with E-state index in [9.17, 15) is 18.3 Å². The maximum absolute atomic E-state index is 13.0. The second kappa shape index (κ2) is 5.89. The first-order chi connectivity index (χ1) is 9.06. The van der Waals surface area contributed by atoms with Crippen LogP contribution in [0.5, 0.6) is 0 Å². The van der Waals surface area contributed by atoms with E-state index in [1.165, 1.54) is 30.3 Å². The molecule has 0 aliphatic heterocycles. The van der Waals surface area contributed by atoms with E-state index in [0.29, 0.717) is 11.1 Å². The highest BCUT2D eigenvalue weighted by Gasteiger charge is 2.13. The van der Waals surface area contributed by atoms with Crippen molar-refractivity contribution in [2.75, 3.05) is 0 Å². The third kappa shape index (κ3) is 3.58. The number of rotatable bonds is 4. The third-order valence-electron chi connectivity index (χ3n) is 2.87. The summed E-state index contributed by atoms with van der Waals surface area (Å²) in [5.41, 5.74) is 0.896. The van der Waals surface area contributed by atoms with Crippen molar-refractivity contribution in [1.29, 1.82) is 0 Å². The lowest BCUT2D eigenvalue weighted by Gasteiger charge is -2.12. The van der Waals surface area contributed by atoms with Crippen LogP contribution in [-0.4, -0.2) is 5.11 Å². The van der Waals surface area contributed by atoms with Crippen molar-refractivity contribution < 1.29 is 18.3 Å². The van der Waals surface area contributed by atoms with Gasteiger partial charge >= 0.3 is 0 Å². The molecule has 0 radical (unpaired) electrons. The first-order valence-electron chi connectivity index (χ1n) is 5.87. The number of benzene rings is 2. The molecule has 2 aromatic carbocycles. The number of aliphatic hydroxyl groups excluding tert-OH is 1. The Kier molecular flexibility index (Phi) is 4.22. The molecule has 0 spiro atoms. The normalized spacial score (nSPS) is 12.7. The van der Waals surface area contributed by atoms with Crippen LogP contribution in [0.4, 0.5) is 13.2 Å². The zero-order valence-corrected chi connectivity index (χ0v) is 10.1. The SMILES string of the molecule is OC(Cc1cccc(F)c1)c1cccc(C(F)F)c1. The third-order valence-corrected chi connectivity index (χ3v) is 2.87. The minimum absolute atomic E-state index is 0.129. The highest BCUT2D eigenvalue weighted by molar-refractivity contribution is 5.28. The Morgan fingerprint density at radius 1 is 0.947 bits per heavy atom. The average Bonchev–Trinajstić information content (AvgIpc) is 2.39. The molecule has 0 saturated carbocycles. The Morgan fingerprint density at radius 3 is 2.32 bits per heavy atom. The second-order valence-corrected chi connectivity index (χ2v) is 4.32. The van der Waals surface area contributed by atoms with Crippen LogP contribution in [0.3, 0.4) is 0 Å². The summed E-state index contributed by atoms with van der Waals surface area (Å²) in [5.74, 6) is -0.383. The van der Waals surface area contributed by atoms with Crippen molar-refractivity contribution in [2.24, 2.45) is 0 Å². The van der Waals surface area contributed by atoms with Crippen LogP contribution in [0.1, 0.15) is 29.2 Å². The van der Waals surface area contributed by atoms with Gasteiger partial charge in [-0.25, -0.2) is 13.2 Å². The maximum atomic E-state index is 13.0. The predicted octanol–water partition coefficient (Wildman–Crippen LogP) is 4.04. The molecule has 1 unspecified atom stereocenters. The lowest BCUT2D eigenvalue weighted by molar-refractivity contribution is 0.149. The van der Waals surface area contributed by atoms with Gasteiger partial charge in [-0.15, -0.1) is 0 Å². The molecule has 0 aliphatic rings. The summed E-state index contributed by atoms with van der Waals surface area (Å²) in [5, 5.41) is 10.0. The van der Waals surface area contributed by atoms with Crippen LogP contribution >= 0.6 is 0 Å². The number of halogens is 3. The van der Waals surface area contributed by atoms with E-state index < -0.39 is 12.5 Å². The predicted molar refractivity (Wildman–Crippen MR) is 66.5 cm³/mol. The fourth-order valence-corrected chi connectivity index (χ4v) is 1.91. The molecule has 1 atom stereocenters. The van der Waals surface area contributed by atoms with Crippen molar-refractivity contribution in [3.05, 3.63) is 71.0 Å². The van der Waals surface area contributed by atoms with Crippen molar-refractivity contribution >= 4 is 0 Å². The van der Waals surface area contributed by atoms with E-state index in [0.717, 1.165) is 0 Å². The van der Waals surface area contributed by atoms with E-state index >= 15 is 0 Å². The first-order valence-corrected chi connectivity index (χ1v) is 5.87. The van der Waals surface area contributed by atoms with E-state index in [-0.39, 0.29) is 17.8 Å². The van der Waals surface area contributed by atoms with Gasteiger partial charge in [0.2, 0.25) is 0 Å². The molecular weight excluding hydrogens is 253 g/mol. The summed E-state index contributed by atoms with van der Waals surface area (Å²) in [6.07, 6.45) is -3.31. The second-order valence-electron chi connectivity index (χ2n) is 4.32. The quantitative estimate of drug-likeness (QED) is 0.885. The van der Waals surface area contributed by atoms with E-state index in [1.807, 2.05) is 0 Å². The summed E-state index contributed by atoms with van der Waals surface area (Å²) in [4.78, 5) is 0. The van der Waals surface area contributed by atoms with Gasteiger partial charge in [0, 0.05) is 12.0 Å². The highest BCUT2D eigenvalue weighted by Crippen LogP contribution is 2.24. The molecule has 0 fully saturated rings. The zero-order chi connectivity index (χ0) is 13.8. The monoisotopic (exact) mass is 266 g/mol. The van der Waals surface area contributed by atoms with Crippen LogP contribution < -0.4 is 0 Å². The lowest BCUT2D eigenvalue weighted by atomic mass is 10.00. The molecule has 0 amide bonds. The summed E-state index contributed by atoms with van der Waals surface area (Å²) < 4.78 is 38.1. The van der Waals surface area contributed by atoms with E-state index in [4.69, 9.17) is 0 Å². The smallest absolute Gasteiger partial charge is 0.263 e. The average molecular weight is 266 g/mol. The van der Waals surface area contributed by atoms with Gasteiger partial charge in [-0.3, -0.25) is 0 Å². The van der Waals surface area contributed by atoms with Crippen LogP contribution in [0.2, 0.25) is 0 Å². The van der Waals surface area contributed by atoms with Gasteiger partial charge in [-0.1, -0.05) is 30.3 Å². The Balaban J connectivity index is 2.15. The van der Waals surface area contributed by atoms with Crippen LogP contribution in [0.15, 0.2) is 48.5 Å². The van der Waals surface area contributed by atoms with E-state index in [2.05, 4.69) is 0 Å². The first kappa shape index (κ1) is 13.6. The fourth-order valence-electron chi connectivity index (χ4n) is 1.91. The standard InChI is InChI=1S/C15H13F3O/c16-13-6-1-3-10(7-13)8-14(19)11-4-2-5-12(9-11)15(17)18/h1-7,9,14-15,19H,8H2. The topological polar surface area (TPSA) is 20.2 Å². The number of aliphatic hydroxyl groups is 1. The molecule has 2 aromatic rings. The highest BCUT2D eigenvalue weighted by atomic mass is 19.3. The van der Waals surface area contributed by atoms with Gasteiger partial charge in [-0.2, -0.15) is 0 Å². The molecule has 0 bridgehead atoms. The van der Waals surface area contributed by atoms with Gasteiger partial charge in [0.25, 0.3) is 6.43 Å². The Hall–Kier alpha value is -1.81. The number of alkyl halides is 2. The molecule has 1 N–H and O–H groups in total. The molecule has 0 aliphatic carbocycles. The zero-order valence-electron chi connectivity index (χ0n) is 10.1. The summed E-state index contributed by atoms with van der Waals surface area (Å²) >= 11 is 0. The van der Waals surface area contributed by atoms with Gasteiger partial charge in [0.05, 0.1) is 6.10 Å². The molecule has 19 heavy (non-hydrogen) atoms. The molecule has 2 rings (SSSR count). The van der Waals surface area contributed by atoms with Crippen LogP contribution in [-0.2, 0) is 6.42 Å². The molecule has 0 aromatic heterocycles. The molecule has 0 heterocycles. The molecule has 0 saturated heterocycles. The molecule has 4 heteroatoms. The van der Waals surface area contributed by atoms with Crippen LogP contribution in [0.25, 0.3) is 0 Å². The Morgan fingerprint density at radius 2 is 1.63 bits per heavy atom. The molecular formula is C15H13F3O.